The van der Waals surface area contributed by atoms with Gasteiger partial charge < -0.3 is 5.11 Å². The van der Waals surface area contributed by atoms with Gasteiger partial charge in [-0.2, -0.15) is 0 Å². The van der Waals surface area contributed by atoms with Crippen LogP contribution in [-0.2, 0) is 0 Å². The zero-order valence-electron chi connectivity index (χ0n) is 7.27. The molecule has 0 saturated carbocycles. The quantitative estimate of drug-likeness (QED) is 0.568. The van der Waals surface area contributed by atoms with Crippen LogP contribution in [-0.4, -0.2) is 11.7 Å². The third kappa shape index (κ3) is 4.80. The molecule has 0 aliphatic heterocycles. The summed E-state index contributed by atoms with van der Waals surface area (Å²) in [5.74, 6) is 0.562. The first-order valence-corrected chi connectivity index (χ1v) is 4.46. The average Bonchev–Trinajstić information content (AvgIpc) is 1.99. The zero-order valence-corrected chi connectivity index (χ0v) is 7.27. The number of hydrogen-bond acceptors (Lipinski definition) is 1. The van der Waals surface area contributed by atoms with E-state index in [0.717, 1.165) is 6.42 Å². The van der Waals surface area contributed by atoms with Gasteiger partial charge in [0.05, 0.1) is 0 Å². The summed E-state index contributed by atoms with van der Waals surface area (Å²) < 4.78 is 0. The molecule has 1 nitrogen and oxygen atoms in total. The summed E-state index contributed by atoms with van der Waals surface area (Å²) in [7, 11) is 0. The Hall–Kier alpha value is -0.0400. The molecule has 0 heterocycles. The smallest absolute Gasteiger partial charge is 0.0459 e. The number of unbranched alkanes of at least 4 members (excludes halogenated alkanes) is 2. The summed E-state index contributed by atoms with van der Waals surface area (Å²) in [4.78, 5) is 0. The average molecular weight is 144 g/mol. The van der Waals surface area contributed by atoms with Crippen LogP contribution in [0.5, 0.6) is 0 Å². The van der Waals surface area contributed by atoms with Crippen LogP contribution in [0.3, 0.4) is 0 Å². The number of aliphatic hydroxyl groups is 1. The molecular weight excluding hydrogens is 124 g/mol. The van der Waals surface area contributed by atoms with E-state index in [4.69, 9.17) is 5.11 Å². The highest BCUT2D eigenvalue weighted by Crippen LogP contribution is 2.11. The third-order valence-corrected chi connectivity index (χ3v) is 2.05. The molecule has 1 N–H and O–H groups in total. The van der Waals surface area contributed by atoms with E-state index >= 15 is 0 Å². The van der Waals surface area contributed by atoms with Crippen LogP contribution in [0.15, 0.2) is 0 Å². The van der Waals surface area contributed by atoms with Crippen LogP contribution in [0.1, 0.15) is 46.0 Å². The van der Waals surface area contributed by atoms with Gasteiger partial charge in [0.15, 0.2) is 0 Å². The molecule has 0 aromatic rings. The largest absolute Gasteiger partial charge is 0.396 e. The molecule has 0 aliphatic rings. The molecule has 10 heavy (non-hydrogen) atoms. The Bertz CT molecular complexity index is 57.7. The molecule has 1 heteroatoms. The van der Waals surface area contributed by atoms with Gasteiger partial charge in [-0.3, -0.25) is 0 Å². The Morgan fingerprint density at radius 3 is 2.30 bits per heavy atom. The summed E-state index contributed by atoms with van der Waals surface area (Å²) in [6.45, 7) is 4.73. The third-order valence-electron chi connectivity index (χ3n) is 2.05. The van der Waals surface area contributed by atoms with Gasteiger partial charge in [-0.1, -0.05) is 39.5 Å². The van der Waals surface area contributed by atoms with Crippen molar-refractivity contribution in [2.24, 2.45) is 5.92 Å². The van der Waals surface area contributed by atoms with Crippen LogP contribution < -0.4 is 0 Å². The monoisotopic (exact) mass is 144 g/mol. The minimum Gasteiger partial charge on any atom is -0.396 e. The fraction of sp³-hybridized carbons (Fsp3) is 1.00. The molecule has 0 amide bonds. The predicted octanol–water partition coefficient (Wildman–Crippen LogP) is 2.59. The number of hydrogen-bond donors (Lipinski definition) is 1. The van der Waals surface area contributed by atoms with Crippen LogP contribution in [0.4, 0.5) is 0 Å². The van der Waals surface area contributed by atoms with Crippen molar-refractivity contribution in [1.29, 1.82) is 0 Å². The molecule has 0 aromatic heterocycles. The van der Waals surface area contributed by atoms with Crippen LogP contribution >= 0.6 is 0 Å². The molecule has 0 unspecified atom stereocenters. The molecule has 0 bridgehead atoms. The van der Waals surface area contributed by atoms with Gasteiger partial charge >= 0.3 is 0 Å². The van der Waals surface area contributed by atoms with E-state index in [9.17, 15) is 0 Å². The van der Waals surface area contributed by atoms with Gasteiger partial charge in [0.25, 0.3) is 0 Å². The van der Waals surface area contributed by atoms with Gasteiger partial charge in [-0.15, -0.1) is 0 Å². The van der Waals surface area contributed by atoms with Crippen molar-refractivity contribution in [3.05, 3.63) is 0 Å². The zero-order chi connectivity index (χ0) is 7.82. The second-order valence-corrected chi connectivity index (χ2v) is 2.95. The molecule has 0 saturated heterocycles. The number of rotatable bonds is 6. The van der Waals surface area contributed by atoms with Crippen molar-refractivity contribution in [2.75, 3.05) is 6.61 Å². The first-order valence-electron chi connectivity index (χ1n) is 4.46. The molecule has 0 aliphatic carbocycles. The van der Waals surface area contributed by atoms with E-state index < -0.39 is 0 Å². The molecule has 1 atom stereocenters. The summed E-state index contributed by atoms with van der Waals surface area (Å²) in [6.07, 6.45) is 6.22. The van der Waals surface area contributed by atoms with Crippen LogP contribution in [0, 0.1) is 5.92 Å². The van der Waals surface area contributed by atoms with Crippen molar-refractivity contribution < 1.29 is 5.11 Å². The van der Waals surface area contributed by atoms with E-state index in [0.29, 0.717) is 12.5 Å². The molecular formula is C9H20O. The van der Waals surface area contributed by atoms with Gasteiger partial charge in [-0.05, 0) is 12.3 Å². The van der Waals surface area contributed by atoms with Crippen LogP contribution in [0.2, 0.25) is 0 Å². The molecule has 0 radical (unpaired) electrons. The van der Waals surface area contributed by atoms with Crippen molar-refractivity contribution in [3.8, 4) is 0 Å². The fourth-order valence-corrected chi connectivity index (χ4v) is 1.11. The lowest BCUT2D eigenvalue weighted by Crippen LogP contribution is -2.03. The summed E-state index contributed by atoms with van der Waals surface area (Å²) in [5, 5.41) is 8.83. The van der Waals surface area contributed by atoms with E-state index in [1.807, 2.05) is 0 Å². The van der Waals surface area contributed by atoms with Crippen molar-refractivity contribution in [2.45, 2.75) is 46.0 Å². The highest BCUT2D eigenvalue weighted by atomic mass is 16.3. The normalized spacial score (nSPS) is 13.5. The van der Waals surface area contributed by atoms with E-state index in [-0.39, 0.29) is 0 Å². The Labute approximate surface area is 64.5 Å². The van der Waals surface area contributed by atoms with E-state index in [1.54, 1.807) is 0 Å². The van der Waals surface area contributed by atoms with Gasteiger partial charge in [0.2, 0.25) is 0 Å². The molecule has 0 rings (SSSR count). The number of aliphatic hydroxyl groups excluding tert-OH is 1. The van der Waals surface area contributed by atoms with Crippen molar-refractivity contribution in [3.63, 3.8) is 0 Å². The Morgan fingerprint density at radius 2 is 1.90 bits per heavy atom. The second kappa shape index (κ2) is 7.07. The summed E-state index contributed by atoms with van der Waals surface area (Å²) in [6, 6.07) is 0. The molecule has 0 aromatic carbocycles. The summed E-state index contributed by atoms with van der Waals surface area (Å²) >= 11 is 0. The lowest BCUT2D eigenvalue weighted by Gasteiger charge is -2.09. The molecule has 0 spiro atoms. The maximum Gasteiger partial charge on any atom is 0.0459 e. The summed E-state index contributed by atoms with van der Waals surface area (Å²) in [5.41, 5.74) is 0. The predicted molar refractivity (Wildman–Crippen MR) is 45.0 cm³/mol. The minimum absolute atomic E-state index is 0.375. The first-order chi connectivity index (χ1) is 4.85. The van der Waals surface area contributed by atoms with Crippen molar-refractivity contribution >= 4 is 0 Å². The Morgan fingerprint density at radius 1 is 1.20 bits per heavy atom. The van der Waals surface area contributed by atoms with Gasteiger partial charge in [0, 0.05) is 6.61 Å². The molecule has 62 valence electrons. The lowest BCUT2D eigenvalue weighted by molar-refractivity contribution is 0.212. The topological polar surface area (TPSA) is 20.2 Å². The second-order valence-electron chi connectivity index (χ2n) is 2.95. The highest BCUT2D eigenvalue weighted by molar-refractivity contribution is 4.54. The van der Waals surface area contributed by atoms with Gasteiger partial charge in [-0.25, -0.2) is 0 Å². The van der Waals surface area contributed by atoms with E-state index in [2.05, 4.69) is 13.8 Å². The van der Waals surface area contributed by atoms with Gasteiger partial charge in [0.1, 0.15) is 0 Å². The highest BCUT2D eigenvalue weighted by Gasteiger charge is 2.02. The first kappa shape index (κ1) is 9.96. The van der Waals surface area contributed by atoms with E-state index in [1.165, 1.54) is 25.7 Å². The lowest BCUT2D eigenvalue weighted by atomic mass is 10.00. The maximum absolute atomic E-state index is 8.83. The SMILES string of the molecule is CCCCC[C@@H](CC)CO. The van der Waals surface area contributed by atoms with Crippen LogP contribution in [0.25, 0.3) is 0 Å². The Kier molecular flexibility index (Phi) is 7.04. The minimum atomic E-state index is 0.375. The maximum atomic E-state index is 8.83. The van der Waals surface area contributed by atoms with Crippen molar-refractivity contribution in [1.82, 2.24) is 0 Å². The molecule has 0 fully saturated rings. The fourth-order valence-electron chi connectivity index (χ4n) is 1.11. The standard InChI is InChI=1S/C9H20O/c1-3-5-6-7-9(4-2)8-10/h9-10H,3-8H2,1-2H3/t9-/m1/s1. The Balaban J connectivity index is 3.09.